The number of benzene rings is 6. The summed E-state index contributed by atoms with van der Waals surface area (Å²) >= 11 is 1.86. The summed E-state index contributed by atoms with van der Waals surface area (Å²) in [6, 6.07) is 51.1. The van der Waals surface area contributed by atoms with Crippen molar-refractivity contribution in [2.75, 3.05) is 4.90 Å². The van der Waals surface area contributed by atoms with E-state index >= 15 is 0 Å². The molecule has 1 aliphatic carbocycles. The molecule has 0 saturated heterocycles. The van der Waals surface area contributed by atoms with E-state index in [9.17, 15) is 0 Å². The number of fused-ring (bicyclic) bond motifs is 6. The number of thiophene rings is 1. The number of nitrogens with zero attached hydrogens (tertiary/aromatic N) is 1. The van der Waals surface area contributed by atoms with Crippen LogP contribution in [0.3, 0.4) is 0 Å². The van der Waals surface area contributed by atoms with Crippen LogP contribution in [-0.2, 0) is 5.41 Å². The zero-order chi connectivity index (χ0) is 27.6. The van der Waals surface area contributed by atoms with Gasteiger partial charge in [0, 0.05) is 42.6 Å². The molecule has 41 heavy (non-hydrogen) atoms. The second-order valence-electron chi connectivity index (χ2n) is 11.4. The van der Waals surface area contributed by atoms with Gasteiger partial charge in [0.25, 0.3) is 0 Å². The lowest BCUT2D eigenvalue weighted by molar-refractivity contribution is 0.660. The van der Waals surface area contributed by atoms with E-state index in [0.717, 1.165) is 11.4 Å². The van der Waals surface area contributed by atoms with E-state index in [0.29, 0.717) is 0 Å². The van der Waals surface area contributed by atoms with Crippen LogP contribution in [0.15, 0.2) is 140 Å². The number of hydrogen-bond donors (Lipinski definition) is 0. The van der Waals surface area contributed by atoms with Gasteiger partial charge >= 0.3 is 0 Å². The molecule has 8 rings (SSSR count). The second kappa shape index (κ2) is 9.19. The van der Waals surface area contributed by atoms with Crippen molar-refractivity contribution in [1.82, 2.24) is 0 Å². The smallest absolute Gasteiger partial charge is 0.0465 e. The highest BCUT2D eigenvalue weighted by atomic mass is 32.1. The van der Waals surface area contributed by atoms with Gasteiger partial charge in [0.05, 0.1) is 0 Å². The molecule has 1 aliphatic rings. The Kier molecular flexibility index (Phi) is 5.42. The molecule has 0 N–H and O–H groups in total. The fraction of sp³-hybridized carbons (Fsp3) is 0.0769. The summed E-state index contributed by atoms with van der Waals surface area (Å²) in [4.78, 5) is 2.37. The SMILES string of the molecule is CC1(C)c2ccccc2-c2ccc(N(c3ccccc3)c3ccc(-c4ccc5sc6ccccc6c5c4)cc3)cc21. The maximum absolute atomic E-state index is 2.39. The summed E-state index contributed by atoms with van der Waals surface area (Å²) in [6.07, 6.45) is 0. The molecule has 0 unspecified atom stereocenters. The monoisotopic (exact) mass is 543 g/mol. The van der Waals surface area contributed by atoms with Gasteiger partial charge in [-0.1, -0.05) is 98.8 Å². The highest BCUT2D eigenvalue weighted by Gasteiger charge is 2.35. The molecule has 0 saturated carbocycles. The van der Waals surface area contributed by atoms with Crippen LogP contribution in [0.1, 0.15) is 25.0 Å². The zero-order valence-electron chi connectivity index (χ0n) is 23.1. The van der Waals surface area contributed by atoms with Crippen molar-refractivity contribution < 1.29 is 0 Å². The van der Waals surface area contributed by atoms with Crippen LogP contribution in [0.2, 0.25) is 0 Å². The van der Waals surface area contributed by atoms with Crippen LogP contribution in [0.4, 0.5) is 17.1 Å². The van der Waals surface area contributed by atoms with E-state index in [1.54, 1.807) is 0 Å². The first-order valence-corrected chi connectivity index (χ1v) is 15.0. The number of hydrogen-bond acceptors (Lipinski definition) is 2. The standard InChI is InChI=1S/C39H29NS/c1-39(2)35-14-8-6-12-31(35)32-22-21-30(25-36(32)39)40(28-10-4-3-5-11-28)29-19-16-26(17-20-29)27-18-23-38-34(24-27)33-13-7-9-15-37(33)41-38/h3-25H,1-2H3. The molecule has 196 valence electrons. The van der Waals surface area contributed by atoms with Gasteiger partial charge in [0.2, 0.25) is 0 Å². The summed E-state index contributed by atoms with van der Waals surface area (Å²) in [7, 11) is 0. The maximum atomic E-state index is 2.39. The molecule has 6 aromatic carbocycles. The molecular formula is C39H29NS. The van der Waals surface area contributed by atoms with E-state index < -0.39 is 0 Å². The molecule has 0 aliphatic heterocycles. The van der Waals surface area contributed by atoms with Crippen molar-refractivity contribution in [2.24, 2.45) is 0 Å². The number of rotatable bonds is 4. The van der Waals surface area contributed by atoms with Gasteiger partial charge in [-0.05, 0) is 88.0 Å². The highest BCUT2D eigenvalue weighted by Crippen LogP contribution is 2.50. The molecule has 0 radical (unpaired) electrons. The van der Waals surface area contributed by atoms with Gasteiger partial charge in [-0.25, -0.2) is 0 Å². The molecule has 0 spiro atoms. The summed E-state index contributed by atoms with van der Waals surface area (Å²) in [5.41, 5.74) is 11.4. The third-order valence-electron chi connectivity index (χ3n) is 8.68. The fourth-order valence-corrected chi connectivity index (χ4v) is 7.65. The Hall–Kier alpha value is -4.66. The minimum absolute atomic E-state index is 0.0430. The minimum atomic E-state index is -0.0430. The van der Waals surface area contributed by atoms with Crippen LogP contribution in [0.5, 0.6) is 0 Å². The second-order valence-corrected chi connectivity index (χ2v) is 12.5. The molecule has 0 fully saturated rings. The Bertz CT molecular complexity index is 2070. The number of para-hydroxylation sites is 1. The average molecular weight is 544 g/mol. The van der Waals surface area contributed by atoms with E-state index in [2.05, 4.69) is 158 Å². The Morgan fingerprint density at radius 1 is 0.463 bits per heavy atom. The van der Waals surface area contributed by atoms with E-state index in [-0.39, 0.29) is 5.41 Å². The Morgan fingerprint density at radius 2 is 1.10 bits per heavy atom. The molecule has 1 heterocycles. The molecule has 0 atom stereocenters. The van der Waals surface area contributed by atoms with E-state index in [4.69, 9.17) is 0 Å². The third-order valence-corrected chi connectivity index (χ3v) is 9.83. The van der Waals surface area contributed by atoms with Crippen molar-refractivity contribution in [3.8, 4) is 22.3 Å². The van der Waals surface area contributed by atoms with Crippen molar-refractivity contribution in [3.63, 3.8) is 0 Å². The van der Waals surface area contributed by atoms with E-state index in [1.807, 2.05) is 11.3 Å². The normalized spacial score (nSPS) is 13.3. The average Bonchev–Trinajstić information content (AvgIpc) is 3.50. The van der Waals surface area contributed by atoms with Crippen molar-refractivity contribution in [1.29, 1.82) is 0 Å². The van der Waals surface area contributed by atoms with Crippen molar-refractivity contribution in [3.05, 3.63) is 151 Å². The van der Waals surface area contributed by atoms with Gasteiger partial charge in [-0.3, -0.25) is 0 Å². The quantitative estimate of drug-likeness (QED) is 0.213. The van der Waals surface area contributed by atoms with Crippen molar-refractivity contribution in [2.45, 2.75) is 19.3 Å². The Morgan fingerprint density at radius 3 is 1.95 bits per heavy atom. The van der Waals surface area contributed by atoms with Crippen LogP contribution >= 0.6 is 11.3 Å². The topological polar surface area (TPSA) is 3.24 Å². The van der Waals surface area contributed by atoms with Crippen molar-refractivity contribution >= 4 is 48.6 Å². The summed E-state index contributed by atoms with van der Waals surface area (Å²) < 4.78 is 2.68. The molecule has 1 aromatic heterocycles. The predicted octanol–water partition coefficient (Wildman–Crippen LogP) is 11.5. The first-order valence-electron chi connectivity index (χ1n) is 14.2. The molecule has 0 amide bonds. The third kappa shape index (κ3) is 3.83. The van der Waals surface area contributed by atoms with Crippen LogP contribution in [0.25, 0.3) is 42.4 Å². The van der Waals surface area contributed by atoms with Gasteiger partial charge in [-0.15, -0.1) is 11.3 Å². The van der Waals surface area contributed by atoms with Crippen LogP contribution in [-0.4, -0.2) is 0 Å². The first kappa shape index (κ1) is 24.2. The van der Waals surface area contributed by atoms with Gasteiger partial charge in [-0.2, -0.15) is 0 Å². The first-order chi connectivity index (χ1) is 20.1. The van der Waals surface area contributed by atoms with E-state index in [1.165, 1.54) is 59.2 Å². The zero-order valence-corrected chi connectivity index (χ0v) is 24.0. The lowest BCUT2D eigenvalue weighted by Gasteiger charge is -2.28. The minimum Gasteiger partial charge on any atom is -0.310 e. The van der Waals surface area contributed by atoms with Crippen LogP contribution < -0.4 is 4.90 Å². The predicted molar refractivity (Wildman–Crippen MR) is 177 cm³/mol. The van der Waals surface area contributed by atoms with Gasteiger partial charge < -0.3 is 4.90 Å². The van der Waals surface area contributed by atoms with Crippen LogP contribution in [0, 0.1) is 0 Å². The van der Waals surface area contributed by atoms with Gasteiger partial charge in [0.1, 0.15) is 0 Å². The Balaban J connectivity index is 1.21. The number of anilines is 3. The lowest BCUT2D eigenvalue weighted by Crippen LogP contribution is -2.16. The summed E-state index contributed by atoms with van der Waals surface area (Å²) in [5.74, 6) is 0. The molecular weight excluding hydrogens is 515 g/mol. The molecule has 7 aromatic rings. The summed E-state index contributed by atoms with van der Waals surface area (Å²) in [6.45, 7) is 4.69. The molecule has 1 nitrogen and oxygen atoms in total. The highest BCUT2D eigenvalue weighted by molar-refractivity contribution is 7.25. The molecule has 0 bridgehead atoms. The largest absolute Gasteiger partial charge is 0.310 e. The summed E-state index contributed by atoms with van der Waals surface area (Å²) in [5, 5.41) is 2.67. The van der Waals surface area contributed by atoms with Gasteiger partial charge in [0.15, 0.2) is 0 Å². The maximum Gasteiger partial charge on any atom is 0.0465 e. The Labute approximate surface area is 245 Å². The lowest BCUT2D eigenvalue weighted by atomic mass is 9.82. The molecule has 2 heteroatoms. The fourth-order valence-electron chi connectivity index (χ4n) is 6.56.